The van der Waals surface area contributed by atoms with Crippen molar-refractivity contribution in [2.24, 2.45) is 0 Å². The highest BCUT2D eigenvalue weighted by Crippen LogP contribution is 2.14. The highest BCUT2D eigenvalue weighted by Gasteiger charge is 2.20. The number of halogens is 1. The minimum absolute atomic E-state index is 0.315. The van der Waals surface area contributed by atoms with Gasteiger partial charge in [0.05, 0.1) is 6.26 Å². The van der Waals surface area contributed by atoms with Gasteiger partial charge in [-0.3, -0.25) is 0 Å². The molecule has 2 rings (SSSR count). The third kappa shape index (κ3) is 3.68. The molecule has 20 heavy (non-hydrogen) atoms. The van der Waals surface area contributed by atoms with Gasteiger partial charge < -0.3 is 4.42 Å². The van der Waals surface area contributed by atoms with E-state index in [0.29, 0.717) is 12.8 Å². The second-order valence-electron chi connectivity index (χ2n) is 4.57. The summed E-state index contributed by atoms with van der Waals surface area (Å²) in [5.41, 5.74) is 0. The van der Waals surface area contributed by atoms with E-state index in [9.17, 15) is 12.8 Å². The number of benzene rings is 1. The van der Waals surface area contributed by atoms with Crippen LogP contribution in [0.3, 0.4) is 0 Å². The van der Waals surface area contributed by atoms with E-state index in [1.807, 2.05) is 6.07 Å². The molecule has 0 radical (unpaired) electrons. The van der Waals surface area contributed by atoms with Crippen LogP contribution in [0.5, 0.6) is 0 Å². The second kappa shape index (κ2) is 6.19. The summed E-state index contributed by atoms with van der Waals surface area (Å²) in [6.45, 7) is 1.74. The molecule has 6 heteroatoms. The summed E-state index contributed by atoms with van der Waals surface area (Å²) in [6, 6.07) is 8.62. The van der Waals surface area contributed by atoms with Crippen molar-refractivity contribution >= 4 is 10.0 Å². The standard InChI is InChI=1S/C14H16FNO3S/c1-11(8-9-12-5-4-10-19-12)16-20(17,18)14-7-3-2-6-13(14)15/h2-7,10-11,16H,8-9H2,1H3. The largest absolute Gasteiger partial charge is 0.469 e. The Morgan fingerprint density at radius 1 is 1.25 bits per heavy atom. The molecule has 0 fully saturated rings. The van der Waals surface area contributed by atoms with Crippen molar-refractivity contribution in [3.8, 4) is 0 Å². The third-order valence-electron chi connectivity index (χ3n) is 2.89. The zero-order valence-electron chi connectivity index (χ0n) is 11.0. The summed E-state index contributed by atoms with van der Waals surface area (Å²) in [6.07, 6.45) is 2.76. The van der Waals surface area contributed by atoms with Crippen molar-refractivity contribution < 1.29 is 17.2 Å². The number of sulfonamides is 1. The molecule has 0 spiro atoms. The normalized spacial score (nSPS) is 13.3. The van der Waals surface area contributed by atoms with Crippen LogP contribution >= 0.6 is 0 Å². The molecule has 0 bridgehead atoms. The molecule has 0 aliphatic rings. The SMILES string of the molecule is CC(CCc1ccco1)NS(=O)(=O)c1ccccc1F. The minimum Gasteiger partial charge on any atom is -0.469 e. The summed E-state index contributed by atoms with van der Waals surface area (Å²) in [5.74, 6) is 0.0418. The Bertz CT molecular complexity index is 653. The summed E-state index contributed by atoms with van der Waals surface area (Å²) in [4.78, 5) is -0.329. The summed E-state index contributed by atoms with van der Waals surface area (Å²) < 4.78 is 45.3. The molecular formula is C14H16FNO3S. The topological polar surface area (TPSA) is 59.3 Å². The first-order chi connectivity index (χ1) is 9.49. The first kappa shape index (κ1) is 14.7. The molecule has 1 aromatic heterocycles. The molecule has 4 nitrogen and oxygen atoms in total. The maximum Gasteiger partial charge on any atom is 0.243 e. The van der Waals surface area contributed by atoms with E-state index in [-0.39, 0.29) is 10.9 Å². The number of nitrogens with one attached hydrogen (secondary N) is 1. The summed E-state index contributed by atoms with van der Waals surface area (Å²) in [7, 11) is -3.84. The van der Waals surface area contributed by atoms with Crippen molar-refractivity contribution in [1.82, 2.24) is 4.72 Å². The van der Waals surface area contributed by atoms with Crippen LogP contribution in [0.2, 0.25) is 0 Å². The predicted octanol–water partition coefficient (Wildman–Crippen LogP) is 2.72. The van der Waals surface area contributed by atoms with E-state index in [4.69, 9.17) is 4.42 Å². The van der Waals surface area contributed by atoms with Crippen LogP contribution in [0.1, 0.15) is 19.1 Å². The van der Waals surface area contributed by atoms with Crippen molar-refractivity contribution in [2.75, 3.05) is 0 Å². The van der Waals surface area contributed by atoms with Crippen molar-refractivity contribution in [3.05, 3.63) is 54.2 Å². The Kier molecular flexibility index (Phi) is 4.57. The number of hydrogen-bond acceptors (Lipinski definition) is 3. The Morgan fingerprint density at radius 2 is 2.00 bits per heavy atom. The number of furan rings is 1. The second-order valence-corrected chi connectivity index (χ2v) is 6.25. The van der Waals surface area contributed by atoms with Gasteiger partial charge in [-0.05, 0) is 37.6 Å². The van der Waals surface area contributed by atoms with Gasteiger partial charge in [-0.25, -0.2) is 17.5 Å². The van der Waals surface area contributed by atoms with Crippen LogP contribution in [0.4, 0.5) is 4.39 Å². The quantitative estimate of drug-likeness (QED) is 0.892. The number of rotatable bonds is 6. The summed E-state index contributed by atoms with van der Waals surface area (Å²) >= 11 is 0. The molecule has 1 N–H and O–H groups in total. The Morgan fingerprint density at radius 3 is 2.65 bits per heavy atom. The monoisotopic (exact) mass is 297 g/mol. The maximum absolute atomic E-state index is 13.5. The van der Waals surface area contributed by atoms with Crippen LogP contribution in [0.25, 0.3) is 0 Å². The molecule has 108 valence electrons. The molecule has 1 aromatic carbocycles. The summed E-state index contributed by atoms with van der Waals surface area (Å²) in [5, 5.41) is 0. The van der Waals surface area contributed by atoms with Gasteiger partial charge in [-0.2, -0.15) is 0 Å². The van der Waals surface area contributed by atoms with Gasteiger partial charge in [-0.1, -0.05) is 12.1 Å². The van der Waals surface area contributed by atoms with Gasteiger partial charge in [0.2, 0.25) is 10.0 Å². The highest BCUT2D eigenvalue weighted by atomic mass is 32.2. The van der Waals surface area contributed by atoms with Gasteiger partial charge in [0.1, 0.15) is 16.5 Å². The van der Waals surface area contributed by atoms with E-state index >= 15 is 0 Å². The van der Waals surface area contributed by atoms with E-state index < -0.39 is 15.8 Å². The fourth-order valence-corrected chi connectivity index (χ4v) is 3.22. The molecule has 0 saturated carbocycles. The zero-order chi connectivity index (χ0) is 14.6. The van der Waals surface area contributed by atoms with E-state index in [1.54, 1.807) is 19.3 Å². The molecule has 1 heterocycles. The van der Waals surface area contributed by atoms with Crippen molar-refractivity contribution in [3.63, 3.8) is 0 Å². The Labute approximate surface area is 117 Å². The van der Waals surface area contributed by atoms with E-state index in [2.05, 4.69) is 4.72 Å². The molecule has 0 amide bonds. The minimum atomic E-state index is -3.84. The molecule has 1 unspecified atom stereocenters. The van der Waals surface area contributed by atoms with Crippen LogP contribution in [0.15, 0.2) is 52.0 Å². The Hall–Kier alpha value is -1.66. The highest BCUT2D eigenvalue weighted by molar-refractivity contribution is 7.89. The van der Waals surface area contributed by atoms with Gasteiger partial charge in [-0.15, -0.1) is 0 Å². The number of aryl methyl sites for hydroxylation is 1. The lowest BCUT2D eigenvalue weighted by Crippen LogP contribution is -2.33. The molecule has 0 saturated heterocycles. The van der Waals surface area contributed by atoms with Crippen LogP contribution in [0, 0.1) is 5.82 Å². The van der Waals surface area contributed by atoms with Crippen LogP contribution in [-0.4, -0.2) is 14.5 Å². The average molecular weight is 297 g/mol. The molecule has 0 aliphatic carbocycles. The maximum atomic E-state index is 13.5. The first-order valence-electron chi connectivity index (χ1n) is 6.28. The van der Waals surface area contributed by atoms with Gasteiger partial charge in [0.15, 0.2) is 0 Å². The third-order valence-corrected chi connectivity index (χ3v) is 4.51. The number of hydrogen-bond donors (Lipinski definition) is 1. The smallest absolute Gasteiger partial charge is 0.243 e. The lowest BCUT2D eigenvalue weighted by molar-refractivity contribution is 0.479. The van der Waals surface area contributed by atoms with E-state index in [0.717, 1.165) is 11.8 Å². The molecular weight excluding hydrogens is 281 g/mol. The fraction of sp³-hybridized carbons (Fsp3) is 0.286. The Balaban J connectivity index is 1.99. The fourth-order valence-electron chi connectivity index (χ4n) is 1.86. The molecule has 0 aliphatic heterocycles. The van der Waals surface area contributed by atoms with Crippen LogP contribution < -0.4 is 4.72 Å². The molecule has 2 aromatic rings. The van der Waals surface area contributed by atoms with Crippen molar-refractivity contribution in [1.29, 1.82) is 0 Å². The van der Waals surface area contributed by atoms with Gasteiger partial charge in [0, 0.05) is 12.5 Å². The van der Waals surface area contributed by atoms with Crippen LogP contribution in [-0.2, 0) is 16.4 Å². The van der Waals surface area contributed by atoms with E-state index in [1.165, 1.54) is 18.2 Å². The predicted molar refractivity (Wildman–Crippen MR) is 73.2 cm³/mol. The lowest BCUT2D eigenvalue weighted by atomic mass is 10.2. The lowest BCUT2D eigenvalue weighted by Gasteiger charge is -2.14. The first-order valence-corrected chi connectivity index (χ1v) is 7.76. The average Bonchev–Trinajstić information content (AvgIpc) is 2.89. The van der Waals surface area contributed by atoms with Gasteiger partial charge >= 0.3 is 0 Å². The molecule has 1 atom stereocenters. The van der Waals surface area contributed by atoms with Gasteiger partial charge in [0.25, 0.3) is 0 Å². The van der Waals surface area contributed by atoms with Crippen molar-refractivity contribution in [2.45, 2.75) is 30.7 Å². The zero-order valence-corrected chi connectivity index (χ0v) is 11.9.